The van der Waals surface area contributed by atoms with E-state index < -0.39 is 0 Å². The number of halogens is 2. The topological polar surface area (TPSA) is 26.0 Å². The molecular weight excluding hydrogens is 201 g/mol. The van der Waals surface area contributed by atoms with Crippen molar-refractivity contribution >= 4 is 11.6 Å². The maximum atomic E-state index is 12.7. The molecule has 3 heteroatoms. The van der Waals surface area contributed by atoms with Gasteiger partial charge in [-0.1, -0.05) is 37.4 Å². The number of benzene rings is 1. The third kappa shape index (κ3) is 2.96. The second kappa shape index (κ2) is 5.32. The molecule has 0 heterocycles. The first-order valence-corrected chi connectivity index (χ1v) is 5.23. The molecule has 1 nitrogen and oxygen atoms in total. The first-order valence-electron chi connectivity index (χ1n) is 4.85. The van der Waals surface area contributed by atoms with Crippen molar-refractivity contribution in [1.29, 1.82) is 0 Å². The van der Waals surface area contributed by atoms with Crippen LogP contribution in [0, 0.1) is 5.82 Å². The molecule has 1 atom stereocenters. The van der Waals surface area contributed by atoms with Crippen molar-refractivity contribution in [2.24, 2.45) is 5.73 Å². The zero-order valence-corrected chi connectivity index (χ0v) is 9.02. The molecular formula is C11H15ClFN. The van der Waals surface area contributed by atoms with Crippen LogP contribution >= 0.6 is 11.6 Å². The maximum absolute atomic E-state index is 12.7. The van der Waals surface area contributed by atoms with Gasteiger partial charge in [-0.25, -0.2) is 4.39 Å². The molecule has 2 N–H and O–H groups in total. The lowest BCUT2D eigenvalue weighted by molar-refractivity contribution is 0.597. The van der Waals surface area contributed by atoms with Crippen LogP contribution in [0.1, 0.15) is 37.8 Å². The summed E-state index contributed by atoms with van der Waals surface area (Å²) in [7, 11) is 0. The van der Waals surface area contributed by atoms with Crippen LogP contribution in [0.15, 0.2) is 18.2 Å². The van der Waals surface area contributed by atoms with Crippen molar-refractivity contribution in [3.8, 4) is 0 Å². The van der Waals surface area contributed by atoms with Gasteiger partial charge in [0, 0.05) is 11.1 Å². The van der Waals surface area contributed by atoms with Gasteiger partial charge >= 0.3 is 0 Å². The SMILES string of the molecule is CCCC[C@H](N)c1ccc(F)cc1Cl. The zero-order valence-electron chi connectivity index (χ0n) is 8.26. The summed E-state index contributed by atoms with van der Waals surface area (Å²) < 4.78 is 12.7. The molecule has 78 valence electrons. The van der Waals surface area contributed by atoms with Gasteiger partial charge in [0.05, 0.1) is 0 Å². The maximum Gasteiger partial charge on any atom is 0.124 e. The fourth-order valence-corrected chi connectivity index (χ4v) is 1.69. The number of hydrogen-bond donors (Lipinski definition) is 1. The number of hydrogen-bond acceptors (Lipinski definition) is 1. The largest absolute Gasteiger partial charge is 0.324 e. The van der Waals surface area contributed by atoms with Crippen LogP contribution in [-0.4, -0.2) is 0 Å². The Hall–Kier alpha value is -0.600. The van der Waals surface area contributed by atoms with Crippen LogP contribution in [0.5, 0.6) is 0 Å². The highest BCUT2D eigenvalue weighted by molar-refractivity contribution is 6.31. The van der Waals surface area contributed by atoms with Gasteiger partial charge in [-0.3, -0.25) is 0 Å². The van der Waals surface area contributed by atoms with Gasteiger partial charge in [0.1, 0.15) is 5.82 Å². The molecule has 1 aromatic carbocycles. The van der Waals surface area contributed by atoms with E-state index in [1.807, 2.05) is 0 Å². The summed E-state index contributed by atoms with van der Waals surface area (Å²) in [6, 6.07) is 4.29. The van der Waals surface area contributed by atoms with E-state index in [9.17, 15) is 4.39 Å². The highest BCUT2D eigenvalue weighted by atomic mass is 35.5. The average Bonchev–Trinajstić information content (AvgIpc) is 2.14. The van der Waals surface area contributed by atoms with Crippen LogP contribution < -0.4 is 5.73 Å². The summed E-state index contributed by atoms with van der Waals surface area (Å²) in [5.41, 5.74) is 6.76. The minimum absolute atomic E-state index is 0.0805. The third-order valence-corrected chi connectivity index (χ3v) is 2.56. The monoisotopic (exact) mass is 215 g/mol. The molecule has 0 saturated heterocycles. The summed E-state index contributed by atoms with van der Waals surface area (Å²) in [4.78, 5) is 0. The van der Waals surface area contributed by atoms with Gasteiger partial charge in [0.2, 0.25) is 0 Å². The lowest BCUT2D eigenvalue weighted by Crippen LogP contribution is -2.10. The summed E-state index contributed by atoms with van der Waals surface area (Å²) in [6.45, 7) is 2.11. The van der Waals surface area contributed by atoms with Crippen LogP contribution in [-0.2, 0) is 0 Å². The standard InChI is InChI=1S/C11H15ClFN/c1-2-3-4-11(14)9-6-5-8(13)7-10(9)12/h5-7,11H,2-4,14H2,1H3/t11-/m0/s1. The molecule has 14 heavy (non-hydrogen) atoms. The predicted octanol–water partition coefficient (Wildman–Crippen LogP) is 3.67. The Labute approximate surface area is 89.1 Å². The van der Waals surface area contributed by atoms with Crippen LogP contribution in [0.25, 0.3) is 0 Å². The van der Waals surface area contributed by atoms with E-state index in [-0.39, 0.29) is 11.9 Å². The lowest BCUT2D eigenvalue weighted by atomic mass is 10.0. The molecule has 0 aromatic heterocycles. The third-order valence-electron chi connectivity index (χ3n) is 2.23. The molecule has 0 amide bonds. The molecule has 0 saturated carbocycles. The van der Waals surface area contributed by atoms with Gasteiger partial charge < -0.3 is 5.73 Å². The molecule has 0 aliphatic heterocycles. The second-order valence-electron chi connectivity index (χ2n) is 3.41. The summed E-state index contributed by atoms with van der Waals surface area (Å²) in [6.07, 6.45) is 3.06. The number of unbranched alkanes of at least 4 members (excludes halogenated alkanes) is 1. The number of nitrogens with two attached hydrogens (primary N) is 1. The molecule has 0 radical (unpaired) electrons. The zero-order chi connectivity index (χ0) is 10.6. The van der Waals surface area contributed by atoms with Crippen LogP contribution in [0.2, 0.25) is 5.02 Å². The highest BCUT2D eigenvalue weighted by Gasteiger charge is 2.09. The van der Waals surface area contributed by atoms with Gasteiger partial charge in [-0.05, 0) is 24.1 Å². The Bertz CT molecular complexity index is 301. The lowest BCUT2D eigenvalue weighted by Gasteiger charge is -2.12. The van der Waals surface area contributed by atoms with Crippen molar-refractivity contribution in [3.63, 3.8) is 0 Å². The first-order chi connectivity index (χ1) is 6.65. The fraction of sp³-hybridized carbons (Fsp3) is 0.455. The van der Waals surface area contributed by atoms with Gasteiger partial charge in [0.15, 0.2) is 0 Å². The van der Waals surface area contributed by atoms with E-state index in [0.29, 0.717) is 5.02 Å². The molecule has 0 unspecified atom stereocenters. The van der Waals surface area contributed by atoms with Crippen LogP contribution in [0.4, 0.5) is 4.39 Å². The van der Waals surface area contributed by atoms with Crippen molar-refractivity contribution < 1.29 is 4.39 Å². The van der Waals surface area contributed by atoms with Crippen molar-refractivity contribution in [2.45, 2.75) is 32.2 Å². The van der Waals surface area contributed by atoms with E-state index in [2.05, 4.69) is 6.92 Å². The van der Waals surface area contributed by atoms with Gasteiger partial charge in [-0.2, -0.15) is 0 Å². The first kappa shape index (κ1) is 11.5. The molecule has 0 spiro atoms. The molecule has 1 rings (SSSR count). The smallest absolute Gasteiger partial charge is 0.124 e. The van der Waals surface area contributed by atoms with E-state index in [1.54, 1.807) is 6.07 Å². The number of rotatable bonds is 4. The van der Waals surface area contributed by atoms with Crippen LogP contribution in [0.3, 0.4) is 0 Å². The Morgan fingerprint density at radius 1 is 1.50 bits per heavy atom. The minimum Gasteiger partial charge on any atom is -0.324 e. The van der Waals surface area contributed by atoms with E-state index in [1.165, 1.54) is 12.1 Å². The van der Waals surface area contributed by atoms with Crippen molar-refractivity contribution in [3.05, 3.63) is 34.6 Å². The molecule has 0 aliphatic carbocycles. The summed E-state index contributed by atoms with van der Waals surface area (Å²) in [5.74, 6) is -0.318. The van der Waals surface area contributed by atoms with Crippen molar-refractivity contribution in [1.82, 2.24) is 0 Å². The predicted molar refractivity (Wildman–Crippen MR) is 57.9 cm³/mol. The van der Waals surface area contributed by atoms with Gasteiger partial charge in [0.25, 0.3) is 0 Å². The van der Waals surface area contributed by atoms with E-state index >= 15 is 0 Å². The molecule has 0 fully saturated rings. The highest BCUT2D eigenvalue weighted by Crippen LogP contribution is 2.25. The Balaban J connectivity index is 2.74. The minimum atomic E-state index is -0.318. The summed E-state index contributed by atoms with van der Waals surface area (Å²) >= 11 is 5.88. The average molecular weight is 216 g/mol. The van der Waals surface area contributed by atoms with Crippen molar-refractivity contribution in [2.75, 3.05) is 0 Å². The summed E-state index contributed by atoms with van der Waals surface area (Å²) in [5, 5.41) is 0.425. The Morgan fingerprint density at radius 2 is 2.21 bits per heavy atom. The van der Waals surface area contributed by atoms with E-state index in [0.717, 1.165) is 24.8 Å². The van der Waals surface area contributed by atoms with E-state index in [4.69, 9.17) is 17.3 Å². The Kier molecular flexibility index (Phi) is 4.36. The fourth-order valence-electron chi connectivity index (χ4n) is 1.38. The molecule has 1 aromatic rings. The Morgan fingerprint density at radius 3 is 2.79 bits per heavy atom. The normalized spacial score (nSPS) is 12.9. The molecule has 0 aliphatic rings. The molecule has 0 bridgehead atoms. The second-order valence-corrected chi connectivity index (χ2v) is 3.82. The quantitative estimate of drug-likeness (QED) is 0.815. The van der Waals surface area contributed by atoms with Gasteiger partial charge in [-0.15, -0.1) is 0 Å².